The zero-order valence-corrected chi connectivity index (χ0v) is 12.3. The van der Waals surface area contributed by atoms with Gasteiger partial charge in [0.2, 0.25) is 0 Å². The van der Waals surface area contributed by atoms with E-state index in [4.69, 9.17) is 9.47 Å². The van der Waals surface area contributed by atoms with Crippen LogP contribution in [-0.4, -0.2) is 25.8 Å². The Labute approximate surface area is 132 Å². The molecule has 1 N–H and O–H groups in total. The predicted octanol–water partition coefficient (Wildman–Crippen LogP) is 3.21. The molecule has 3 nitrogen and oxygen atoms in total. The largest absolute Gasteiger partial charge is 0.477 e. The third kappa shape index (κ3) is 3.65. The highest BCUT2D eigenvalue weighted by Crippen LogP contribution is 2.31. The number of hydrogen-bond acceptors (Lipinski definition) is 3. The van der Waals surface area contributed by atoms with Crippen LogP contribution in [-0.2, 0) is 4.74 Å². The van der Waals surface area contributed by atoms with E-state index in [1.54, 1.807) is 6.07 Å². The third-order valence-corrected chi connectivity index (χ3v) is 3.63. The third-order valence-electron chi connectivity index (χ3n) is 3.63. The van der Waals surface area contributed by atoms with E-state index in [0.29, 0.717) is 25.3 Å². The zero-order valence-electron chi connectivity index (χ0n) is 12.3. The van der Waals surface area contributed by atoms with Gasteiger partial charge in [-0.25, -0.2) is 13.2 Å². The first-order chi connectivity index (χ1) is 11.1. The summed E-state index contributed by atoms with van der Waals surface area (Å²) in [5.74, 6) is -2.56. The summed E-state index contributed by atoms with van der Waals surface area (Å²) in [4.78, 5) is 0. The summed E-state index contributed by atoms with van der Waals surface area (Å²) in [6, 6.07) is 9.22. The van der Waals surface area contributed by atoms with Crippen LogP contribution in [0.5, 0.6) is 5.75 Å². The second-order valence-corrected chi connectivity index (χ2v) is 5.26. The molecule has 0 saturated carbocycles. The molecule has 0 aliphatic carbocycles. The van der Waals surface area contributed by atoms with Crippen LogP contribution in [0.2, 0.25) is 0 Å². The monoisotopic (exact) mass is 323 g/mol. The highest BCUT2D eigenvalue weighted by atomic mass is 19.1. The van der Waals surface area contributed by atoms with Crippen LogP contribution in [0.4, 0.5) is 13.2 Å². The van der Waals surface area contributed by atoms with Gasteiger partial charge in [-0.1, -0.05) is 18.2 Å². The van der Waals surface area contributed by atoms with Crippen molar-refractivity contribution in [3.8, 4) is 5.75 Å². The molecule has 0 amide bonds. The van der Waals surface area contributed by atoms with Gasteiger partial charge in [0.1, 0.15) is 11.9 Å². The molecule has 0 bridgehead atoms. The topological polar surface area (TPSA) is 30.5 Å². The van der Waals surface area contributed by atoms with Gasteiger partial charge in [0.25, 0.3) is 0 Å². The molecule has 1 aliphatic heterocycles. The first kappa shape index (κ1) is 15.8. The van der Waals surface area contributed by atoms with Gasteiger partial charge < -0.3 is 14.8 Å². The Balaban J connectivity index is 1.94. The molecular weight excluding hydrogens is 307 g/mol. The standard InChI is InChI=1S/C17H16F3NO2/c18-12-4-1-3-11(9-12)16(15-10-21-7-8-22-15)23-17-13(19)5-2-6-14(17)20/h1-6,9,15-16,21H,7-8,10H2/t15?,16-/m0/s1. The molecule has 0 radical (unpaired) electrons. The van der Waals surface area contributed by atoms with Gasteiger partial charge in [-0.15, -0.1) is 0 Å². The van der Waals surface area contributed by atoms with Crippen LogP contribution in [0.3, 0.4) is 0 Å². The highest BCUT2D eigenvalue weighted by molar-refractivity contribution is 5.29. The summed E-state index contributed by atoms with van der Waals surface area (Å²) in [6.45, 7) is 1.57. The van der Waals surface area contributed by atoms with Crippen LogP contribution in [0.25, 0.3) is 0 Å². The number of para-hydroxylation sites is 1. The van der Waals surface area contributed by atoms with Gasteiger partial charge in [0.05, 0.1) is 6.61 Å². The van der Waals surface area contributed by atoms with Gasteiger partial charge >= 0.3 is 0 Å². The van der Waals surface area contributed by atoms with Gasteiger partial charge in [0, 0.05) is 13.1 Å². The number of ether oxygens (including phenoxy) is 2. The molecule has 1 saturated heterocycles. The minimum absolute atomic E-state index is 0.442. The average Bonchev–Trinajstić information content (AvgIpc) is 2.55. The van der Waals surface area contributed by atoms with Crippen molar-refractivity contribution >= 4 is 0 Å². The summed E-state index contributed by atoms with van der Waals surface area (Å²) < 4.78 is 52.5. The van der Waals surface area contributed by atoms with Gasteiger partial charge in [-0.3, -0.25) is 0 Å². The predicted molar refractivity (Wildman–Crippen MR) is 78.7 cm³/mol. The lowest BCUT2D eigenvalue weighted by Crippen LogP contribution is -2.43. The fourth-order valence-corrected chi connectivity index (χ4v) is 2.54. The van der Waals surface area contributed by atoms with Crippen LogP contribution >= 0.6 is 0 Å². The molecule has 122 valence electrons. The van der Waals surface area contributed by atoms with E-state index in [1.165, 1.54) is 24.3 Å². The number of benzene rings is 2. The van der Waals surface area contributed by atoms with Crippen molar-refractivity contribution < 1.29 is 22.6 Å². The summed E-state index contributed by atoms with van der Waals surface area (Å²) in [5.41, 5.74) is 0.460. The van der Waals surface area contributed by atoms with Crippen molar-refractivity contribution in [3.63, 3.8) is 0 Å². The van der Waals surface area contributed by atoms with Crippen molar-refractivity contribution in [1.82, 2.24) is 5.32 Å². The Morgan fingerprint density at radius 1 is 1.09 bits per heavy atom. The summed E-state index contributed by atoms with van der Waals surface area (Å²) in [7, 11) is 0. The van der Waals surface area contributed by atoms with E-state index in [1.807, 2.05) is 0 Å². The quantitative estimate of drug-likeness (QED) is 0.937. The maximum atomic E-state index is 13.9. The summed E-state index contributed by atoms with van der Waals surface area (Å²) >= 11 is 0. The Morgan fingerprint density at radius 3 is 2.48 bits per heavy atom. The molecule has 0 aromatic heterocycles. The maximum absolute atomic E-state index is 13.9. The second kappa shape index (κ2) is 7.02. The Kier molecular flexibility index (Phi) is 4.83. The highest BCUT2D eigenvalue weighted by Gasteiger charge is 2.30. The lowest BCUT2D eigenvalue weighted by molar-refractivity contribution is -0.0454. The molecule has 2 atom stereocenters. The number of morpholine rings is 1. The lowest BCUT2D eigenvalue weighted by atomic mass is 10.0. The van der Waals surface area contributed by atoms with E-state index >= 15 is 0 Å². The van der Waals surface area contributed by atoms with Crippen LogP contribution in [0, 0.1) is 17.5 Å². The van der Waals surface area contributed by atoms with Gasteiger partial charge in [-0.05, 0) is 29.8 Å². The fourth-order valence-electron chi connectivity index (χ4n) is 2.54. The number of nitrogens with one attached hydrogen (secondary N) is 1. The molecule has 0 spiro atoms. The molecule has 1 heterocycles. The van der Waals surface area contributed by atoms with Crippen LogP contribution in [0.1, 0.15) is 11.7 Å². The summed E-state index contributed by atoms with van der Waals surface area (Å²) in [5, 5.41) is 3.13. The van der Waals surface area contributed by atoms with Crippen LogP contribution < -0.4 is 10.1 Å². The van der Waals surface area contributed by atoms with Crippen molar-refractivity contribution in [1.29, 1.82) is 0 Å². The van der Waals surface area contributed by atoms with Crippen molar-refractivity contribution in [2.45, 2.75) is 12.2 Å². The molecule has 2 aromatic carbocycles. The van der Waals surface area contributed by atoms with E-state index in [0.717, 1.165) is 12.1 Å². The molecule has 1 aliphatic rings. The molecule has 3 rings (SSSR count). The van der Waals surface area contributed by atoms with Crippen molar-refractivity contribution in [2.75, 3.05) is 19.7 Å². The normalized spacial score (nSPS) is 19.3. The van der Waals surface area contributed by atoms with Gasteiger partial charge in [-0.2, -0.15) is 0 Å². The number of halogens is 3. The smallest absolute Gasteiger partial charge is 0.191 e. The number of rotatable bonds is 4. The molecule has 23 heavy (non-hydrogen) atoms. The first-order valence-electron chi connectivity index (χ1n) is 7.33. The maximum Gasteiger partial charge on any atom is 0.191 e. The molecule has 1 unspecified atom stereocenters. The molecule has 1 fully saturated rings. The summed E-state index contributed by atoms with van der Waals surface area (Å²) in [6.07, 6.45) is -1.31. The average molecular weight is 323 g/mol. The zero-order chi connectivity index (χ0) is 16.2. The van der Waals surface area contributed by atoms with E-state index in [-0.39, 0.29) is 0 Å². The minimum Gasteiger partial charge on any atom is -0.477 e. The minimum atomic E-state index is -0.829. The lowest BCUT2D eigenvalue weighted by Gasteiger charge is -2.31. The molecule has 6 heteroatoms. The van der Waals surface area contributed by atoms with Gasteiger partial charge in [0.15, 0.2) is 23.5 Å². The Bertz CT molecular complexity index is 654. The van der Waals surface area contributed by atoms with Crippen molar-refractivity contribution in [2.24, 2.45) is 0 Å². The van der Waals surface area contributed by atoms with E-state index in [9.17, 15) is 13.2 Å². The molecule has 2 aromatic rings. The second-order valence-electron chi connectivity index (χ2n) is 5.26. The number of hydrogen-bond donors (Lipinski definition) is 1. The van der Waals surface area contributed by atoms with Crippen molar-refractivity contribution in [3.05, 3.63) is 65.5 Å². The van der Waals surface area contributed by atoms with E-state index in [2.05, 4.69) is 5.32 Å². The van der Waals surface area contributed by atoms with Crippen LogP contribution in [0.15, 0.2) is 42.5 Å². The Morgan fingerprint density at radius 2 is 1.83 bits per heavy atom. The SMILES string of the molecule is Fc1cccc([C@H](Oc2c(F)cccc2F)C2CNCCO2)c1. The fraction of sp³-hybridized carbons (Fsp3) is 0.294. The Hall–Kier alpha value is -2.05. The first-order valence-corrected chi connectivity index (χ1v) is 7.33. The molecular formula is C17H16F3NO2. The van der Waals surface area contributed by atoms with E-state index < -0.39 is 35.4 Å².